The lowest BCUT2D eigenvalue weighted by Gasteiger charge is -2.12. The van der Waals surface area contributed by atoms with Crippen molar-refractivity contribution in [3.63, 3.8) is 0 Å². The van der Waals surface area contributed by atoms with E-state index in [1.807, 2.05) is 31.1 Å². The van der Waals surface area contributed by atoms with Crippen molar-refractivity contribution in [2.24, 2.45) is 5.73 Å². The van der Waals surface area contributed by atoms with E-state index in [0.717, 1.165) is 11.3 Å². The largest absolute Gasteiger partial charge is 0.480 e. The number of nitrogens with zero attached hydrogens (tertiary/aromatic N) is 1. The molecule has 0 aliphatic heterocycles. The van der Waals surface area contributed by atoms with Crippen LogP contribution in [0.3, 0.4) is 0 Å². The van der Waals surface area contributed by atoms with Gasteiger partial charge in [0.2, 0.25) is 0 Å². The van der Waals surface area contributed by atoms with Gasteiger partial charge in [-0.3, -0.25) is 9.59 Å². The first-order valence-electron chi connectivity index (χ1n) is 7.28. The molecule has 0 radical (unpaired) electrons. The van der Waals surface area contributed by atoms with E-state index < -0.39 is 12.0 Å². The van der Waals surface area contributed by atoms with Crippen molar-refractivity contribution < 1.29 is 14.7 Å². The van der Waals surface area contributed by atoms with Crippen LogP contribution in [0.4, 0.5) is 5.69 Å². The number of aliphatic carboxylic acids is 1. The summed E-state index contributed by atoms with van der Waals surface area (Å²) >= 11 is 0. The molecule has 120 valence electrons. The smallest absolute Gasteiger partial charge is 0.320 e. The van der Waals surface area contributed by atoms with Crippen molar-refractivity contribution in [1.29, 1.82) is 0 Å². The molecule has 0 aromatic heterocycles. The highest BCUT2D eigenvalue weighted by Gasteiger charge is 2.13. The summed E-state index contributed by atoms with van der Waals surface area (Å²) in [7, 11) is 3.88. The molecule has 0 fully saturated rings. The molecule has 5 nitrogen and oxygen atoms in total. The zero-order valence-corrected chi connectivity index (χ0v) is 13.2. The first-order valence-corrected chi connectivity index (χ1v) is 7.28. The third kappa shape index (κ3) is 4.17. The number of nitrogens with two attached hydrogens (primary N) is 1. The molecule has 0 spiro atoms. The van der Waals surface area contributed by atoms with E-state index in [1.165, 1.54) is 0 Å². The number of anilines is 1. The van der Waals surface area contributed by atoms with E-state index >= 15 is 0 Å². The number of carbonyl (C=O) groups excluding carboxylic acids is 1. The van der Waals surface area contributed by atoms with Gasteiger partial charge in [0.15, 0.2) is 5.78 Å². The van der Waals surface area contributed by atoms with Crippen LogP contribution in [0.2, 0.25) is 0 Å². The van der Waals surface area contributed by atoms with Crippen LogP contribution in [0.25, 0.3) is 0 Å². The van der Waals surface area contributed by atoms with Gasteiger partial charge in [0.05, 0.1) is 0 Å². The minimum atomic E-state index is -1.04. The van der Waals surface area contributed by atoms with Crippen molar-refractivity contribution in [1.82, 2.24) is 0 Å². The Labute approximate surface area is 135 Å². The zero-order valence-electron chi connectivity index (χ0n) is 13.2. The summed E-state index contributed by atoms with van der Waals surface area (Å²) in [4.78, 5) is 25.2. The van der Waals surface area contributed by atoms with Gasteiger partial charge in [0, 0.05) is 30.9 Å². The number of carboxylic acid groups (broad SMARTS) is 1. The lowest BCUT2D eigenvalue weighted by Crippen LogP contribution is -2.32. The van der Waals surface area contributed by atoms with Gasteiger partial charge >= 0.3 is 5.97 Å². The molecule has 0 aliphatic rings. The number of benzene rings is 2. The summed E-state index contributed by atoms with van der Waals surface area (Å²) < 4.78 is 0. The lowest BCUT2D eigenvalue weighted by atomic mass is 9.99. The maximum atomic E-state index is 12.4. The summed E-state index contributed by atoms with van der Waals surface area (Å²) in [5.41, 5.74) is 8.51. The van der Waals surface area contributed by atoms with Gasteiger partial charge in [0.1, 0.15) is 6.04 Å². The molecule has 23 heavy (non-hydrogen) atoms. The number of hydrogen-bond donors (Lipinski definition) is 2. The third-order valence-electron chi connectivity index (χ3n) is 3.63. The van der Waals surface area contributed by atoms with Crippen LogP contribution in [-0.2, 0) is 11.2 Å². The lowest BCUT2D eigenvalue weighted by molar-refractivity contribution is -0.138. The normalized spacial score (nSPS) is 11.8. The van der Waals surface area contributed by atoms with Crippen LogP contribution in [0.1, 0.15) is 21.5 Å². The zero-order chi connectivity index (χ0) is 17.0. The second-order valence-corrected chi connectivity index (χ2v) is 5.62. The summed E-state index contributed by atoms with van der Waals surface area (Å²) in [6.07, 6.45) is 0.237. The Balaban J connectivity index is 2.12. The van der Waals surface area contributed by atoms with Gasteiger partial charge in [-0.05, 0) is 36.2 Å². The van der Waals surface area contributed by atoms with Crippen LogP contribution < -0.4 is 10.6 Å². The molecule has 0 bridgehead atoms. The molecule has 2 rings (SSSR count). The Morgan fingerprint density at radius 2 is 1.48 bits per heavy atom. The van der Waals surface area contributed by atoms with Gasteiger partial charge < -0.3 is 15.7 Å². The molecule has 0 saturated heterocycles. The maximum absolute atomic E-state index is 12.4. The number of carbonyl (C=O) groups is 2. The average Bonchev–Trinajstić information content (AvgIpc) is 2.55. The van der Waals surface area contributed by atoms with E-state index in [2.05, 4.69) is 0 Å². The van der Waals surface area contributed by atoms with Crippen molar-refractivity contribution in [3.05, 3.63) is 65.2 Å². The first kappa shape index (κ1) is 16.7. The van der Waals surface area contributed by atoms with Crippen LogP contribution in [0, 0.1) is 0 Å². The molecule has 0 heterocycles. The topological polar surface area (TPSA) is 83.6 Å². The van der Waals surface area contributed by atoms with Gasteiger partial charge in [-0.25, -0.2) is 0 Å². The number of rotatable bonds is 6. The van der Waals surface area contributed by atoms with Crippen molar-refractivity contribution in [2.75, 3.05) is 19.0 Å². The van der Waals surface area contributed by atoms with Gasteiger partial charge in [-0.15, -0.1) is 0 Å². The SMILES string of the molecule is CN(C)c1ccc(C(=O)c2ccc(CC(N)C(=O)O)cc2)cc1. The molecule has 5 heteroatoms. The average molecular weight is 312 g/mol. The number of carboxylic acids is 1. The number of hydrogen-bond acceptors (Lipinski definition) is 4. The second kappa shape index (κ2) is 7.07. The maximum Gasteiger partial charge on any atom is 0.320 e. The van der Waals surface area contributed by atoms with Crippen molar-refractivity contribution in [2.45, 2.75) is 12.5 Å². The Bertz CT molecular complexity index is 691. The fourth-order valence-corrected chi connectivity index (χ4v) is 2.21. The van der Waals surface area contributed by atoms with Gasteiger partial charge in [-0.2, -0.15) is 0 Å². The highest BCUT2D eigenvalue weighted by Crippen LogP contribution is 2.16. The summed E-state index contributed by atoms with van der Waals surface area (Å²) in [6, 6.07) is 13.3. The summed E-state index contributed by atoms with van der Waals surface area (Å²) in [5, 5.41) is 8.81. The molecule has 0 aliphatic carbocycles. The monoisotopic (exact) mass is 312 g/mol. The fraction of sp³-hybridized carbons (Fsp3) is 0.222. The highest BCUT2D eigenvalue weighted by molar-refractivity contribution is 6.09. The molecule has 0 amide bonds. The molecule has 1 atom stereocenters. The van der Waals surface area contributed by atoms with E-state index in [0.29, 0.717) is 11.1 Å². The molecule has 0 saturated carbocycles. The summed E-state index contributed by atoms with van der Waals surface area (Å²) in [5.74, 6) is -1.10. The number of ketones is 1. The minimum Gasteiger partial charge on any atom is -0.480 e. The fourth-order valence-electron chi connectivity index (χ4n) is 2.21. The van der Waals surface area contributed by atoms with Crippen LogP contribution >= 0.6 is 0 Å². The van der Waals surface area contributed by atoms with Crippen LogP contribution in [-0.4, -0.2) is 37.0 Å². The van der Waals surface area contributed by atoms with Crippen molar-refractivity contribution in [3.8, 4) is 0 Å². The molecular formula is C18H20N2O3. The molecule has 2 aromatic carbocycles. The van der Waals surface area contributed by atoms with Crippen LogP contribution in [0.5, 0.6) is 0 Å². The van der Waals surface area contributed by atoms with Crippen molar-refractivity contribution >= 4 is 17.4 Å². The minimum absolute atomic E-state index is 0.0654. The van der Waals surface area contributed by atoms with E-state index in [9.17, 15) is 9.59 Å². The van der Waals surface area contributed by atoms with E-state index in [-0.39, 0.29) is 12.2 Å². The highest BCUT2D eigenvalue weighted by atomic mass is 16.4. The molecule has 2 aromatic rings. The Morgan fingerprint density at radius 3 is 1.91 bits per heavy atom. The predicted molar refractivity (Wildman–Crippen MR) is 90.0 cm³/mol. The Morgan fingerprint density at radius 1 is 1.00 bits per heavy atom. The molecule has 3 N–H and O–H groups in total. The van der Waals surface area contributed by atoms with Gasteiger partial charge in [0.25, 0.3) is 0 Å². The van der Waals surface area contributed by atoms with Gasteiger partial charge in [-0.1, -0.05) is 24.3 Å². The Hall–Kier alpha value is -2.66. The molecule has 1 unspecified atom stereocenters. The van der Waals surface area contributed by atoms with E-state index in [1.54, 1.807) is 36.4 Å². The first-order chi connectivity index (χ1) is 10.9. The quantitative estimate of drug-likeness (QED) is 0.796. The third-order valence-corrected chi connectivity index (χ3v) is 3.63. The van der Waals surface area contributed by atoms with E-state index in [4.69, 9.17) is 10.8 Å². The standard InChI is InChI=1S/C18H20N2O3/c1-20(2)15-9-7-14(8-10-15)17(21)13-5-3-12(4-6-13)11-16(19)18(22)23/h3-10,16H,11,19H2,1-2H3,(H,22,23). The summed E-state index contributed by atoms with van der Waals surface area (Å²) in [6.45, 7) is 0. The molecular weight excluding hydrogens is 292 g/mol. The predicted octanol–water partition coefficient (Wildman–Crippen LogP) is 1.94. The second-order valence-electron chi connectivity index (χ2n) is 5.62. The Kier molecular flexibility index (Phi) is 5.13. The van der Waals surface area contributed by atoms with Crippen LogP contribution in [0.15, 0.2) is 48.5 Å².